The van der Waals surface area contributed by atoms with Crippen molar-refractivity contribution < 1.29 is 12.8 Å². The Kier molecular flexibility index (Phi) is 6.00. The zero-order valence-electron chi connectivity index (χ0n) is 17.6. The van der Waals surface area contributed by atoms with E-state index in [1.165, 1.54) is 28.2 Å². The van der Waals surface area contributed by atoms with E-state index in [9.17, 15) is 12.8 Å². The highest BCUT2D eigenvalue weighted by atomic mass is 32.2. The van der Waals surface area contributed by atoms with Crippen LogP contribution in [0.3, 0.4) is 0 Å². The number of anilines is 1. The van der Waals surface area contributed by atoms with E-state index >= 15 is 0 Å². The van der Waals surface area contributed by atoms with Crippen LogP contribution in [0.2, 0.25) is 0 Å². The number of rotatable bonds is 6. The average Bonchev–Trinajstić information content (AvgIpc) is 3.27. The van der Waals surface area contributed by atoms with Gasteiger partial charge < -0.3 is 4.90 Å². The van der Waals surface area contributed by atoms with Gasteiger partial charge in [0.25, 0.3) is 0 Å². The summed E-state index contributed by atoms with van der Waals surface area (Å²) >= 11 is 1.48. The molecule has 3 aromatic heterocycles. The molecule has 0 saturated carbocycles. The molecule has 11 heteroatoms. The second-order valence-corrected chi connectivity index (χ2v) is 10.4. The summed E-state index contributed by atoms with van der Waals surface area (Å²) in [5, 5.41) is 9.04. The van der Waals surface area contributed by atoms with Crippen LogP contribution >= 0.6 is 11.8 Å². The predicted octanol–water partition coefficient (Wildman–Crippen LogP) is 3.07. The molecule has 4 heterocycles. The molecule has 1 aromatic carbocycles. The van der Waals surface area contributed by atoms with Gasteiger partial charge in [-0.1, -0.05) is 11.8 Å². The standard InChI is InChI=1S/C22H21FN6O2S2/c23-18-3-5-19(6-4-18)27-12-14-28(15-13-27)33(30,31)20-2-1-11-29-21(20)25-26-22(29)32-16-17-7-9-24-10-8-17/h1-11H,12-16H2. The first-order chi connectivity index (χ1) is 16.0. The normalized spacial score (nSPS) is 15.2. The van der Waals surface area contributed by atoms with Crippen LogP contribution in [0.15, 0.2) is 77.2 Å². The van der Waals surface area contributed by atoms with Gasteiger partial charge in [0.2, 0.25) is 10.0 Å². The molecule has 1 fully saturated rings. The smallest absolute Gasteiger partial charge is 0.246 e. The molecule has 0 aliphatic carbocycles. The van der Waals surface area contributed by atoms with Gasteiger partial charge in [-0.25, -0.2) is 12.8 Å². The molecule has 0 N–H and O–H groups in total. The zero-order chi connectivity index (χ0) is 22.8. The quantitative estimate of drug-likeness (QED) is 0.389. The molecule has 33 heavy (non-hydrogen) atoms. The minimum atomic E-state index is -3.75. The van der Waals surface area contributed by atoms with E-state index in [4.69, 9.17) is 0 Å². The number of hydrogen-bond acceptors (Lipinski definition) is 7. The summed E-state index contributed by atoms with van der Waals surface area (Å²) in [5.74, 6) is 0.380. The second kappa shape index (κ2) is 9.08. The van der Waals surface area contributed by atoms with Crippen molar-refractivity contribution in [2.75, 3.05) is 31.1 Å². The lowest BCUT2D eigenvalue weighted by molar-refractivity contribution is 0.385. The van der Waals surface area contributed by atoms with E-state index in [0.29, 0.717) is 42.7 Å². The third kappa shape index (κ3) is 4.43. The van der Waals surface area contributed by atoms with Gasteiger partial charge in [-0.3, -0.25) is 9.38 Å². The summed E-state index contributed by atoms with van der Waals surface area (Å²) in [6.07, 6.45) is 5.24. The third-order valence-corrected chi connectivity index (χ3v) is 8.47. The Labute approximate surface area is 195 Å². The largest absolute Gasteiger partial charge is 0.369 e. The highest BCUT2D eigenvalue weighted by Crippen LogP contribution is 2.27. The SMILES string of the molecule is O=S(=O)(c1cccn2c(SCc3ccncc3)nnc12)N1CCN(c2ccc(F)cc2)CC1. The van der Waals surface area contributed by atoms with Crippen molar-refractivity contribution in [1.82, 2.24) is 23.9 Å². The van der Waals surface area contributed by atoms with E-state index in [0.717, 1.165) is 11.3 Å². The Hall–Kier alpha value is -3.02. The summed E-state index contributed by atoms with van der Waals surface area (Å²) < 4.78 is 43.3. The van der Waals surface area contributed by atoms with Gasteiger partial charge in [0.15, 0.2) is 10.8 Å². The molecule has 0 bridgehead atoms. The summed E-state index contributed by atoms with van der Waals surface area (Å²) in [6.45, 7) is 1.71. The molecule has 0 unspecified atom stereocenters. The Morgan fingerprint density at radius 2 is 1.67 bits per heavy atom. The van der Waals surface area contributed by atoms with Crippen molar-refractivity contribution >= 4 is 33.1 Å². The van der Waals surface area contributed by atoms with Crippen molar-refractivity contribution in [3.63, 3.8) is 0 Å². The molecule has 0 radical (unpaired) electrons. The summed E-state index contributed by atoms with van der Waals surface area (Å²) in [4.78, 5) is 6.21. The highest BCUT2D eigenvalue weighted by molar-refractivity contribution is 7.98. The molecule has 8 nitrogen and oxygen atoms in total. The summed E-state index contributed by atoms with van der Waals surface area (Å²) in [7, 11) is -3.75. The lowest BCUT2D eigenvalue weighted by Gasteiger charge is -2.35. The fourth-order valence-electron chi connectivity index (χ4n) is 3.77. The number of hydrogen-bond donors (Lipinski definition) is 0. The van der Waals surface area contributed by atoms with Crippen molar-refractivity contribution in [3.05, 3.63) is 78.5 Å². The highest BCUT2D eigenvalue weighted by Gasteiger charge is 2.31. The first-order valence-corrected chi connectivity index (χ1v) is 12.8. The van der Waals surface area contributed by atoms with Crippen LogP contribution in [0.5, 0.6) is 0 Å². The van der Waals surface area contributed by atoms with Gasteiger partial charge in [0.1, 0.15) is 10.7 Å². The molecule has 0 spiro atoms. The Balaban J connectivity index is 1.34. The minimum Gasteiger partial charge on any atom is -0.369 e. The summed E-state index contributed by atoms with van der Waals surface area (Å²) in [6, 6.07) is 13.4. The maximum atomic E-state index is 13.4. The van der Waals surface area contributed by atoms with Crippen molar-refractivity contribution in [3.8, 4) is 0 Å². The topological polar surface area (TPSA) is 83.7 Å². The number of pyridine rings is 2. The first-order valence-electron chi connectivity index (χ1n) is 10.4. The maximum absolute atomic E-state index is 13.4. The molecular weight excluding hydrogens is 463 g/mol. The molecule has 1 aliphatic rings. The van der Waals surface area contributed by atoms with E-state index in [-0.39, 0.29) is 10.7 Å². The van der Waals surface area contributed by atoms with Gasteiger partial charge in [-0.15, -0.1) is 10.2 Å². The molecular formula is C22H21FN6O2S2. The fraction of sp³-hybridized carbons (Fsp3) is 0.227. The Morgan fingerprint density at radius 1 is 0.939 bits per heavy atom. The lowest BCUT2D eigenvalue weighted by atomic mass is 10.2. The van der Waals surface area contributed by atoms with Crippen LogP contribution in [0, 0.1) is 5.82 Å². The third-order valence-electron chi connectivity index (χ3n) is 5.53. The van der Waals surface area contributed by atoms with E-state index in [1.807, 2.05) is 12.1 Å². The van der Waals surface area contributed by atoms with Crippen LogP contribution in [-0.4, -0.2) is 58.5 Å². The zero-order valence-corrected chi connectivity index (χ0v) is 19.2. The average molecular weight is 485 g/mol. The van der Waals surface area contributed by atoms with Crippen molar-refractivity contribution in [2.45, 2.75) is 15.8 Å². The predicted molar refractivity (Wildman–Crippen MR) is 124 cm³/mol. The van der Waals surface area contributed by atoms with Gasteiger partial charge in [-0.2, -0.15) is 4.31 Å². The number of benzene rings is 1. The number of piperazine rings is 1. The van der Waals surface area contributed by atoms with Crippen LogP contribution in [0.1, 0.15) is 5.56 Å². The van der Waals surface area contributed by atoms with E-state index < -0.39 is 10.0 Å². The van der Waals surface area contributed by atoms with E-state index in [1.54, 1.807) is 47.3 Å². The molecule has 5 rings (SSSR count). The number of sulfonamides is 1. The lowest BCUT2D eigenvalue weighted by Crippen LogP contribution is -2.48. The number of halogens is 1. The minimum absolute atomic E-state index is 0.142. The van der Waals surface area contributed by atoms with E-state index in [2.05, 4.69) is 20.1 Å². The first kappa shape index (κ1) is 21.8. The molecule has 0 atom stereocenters. The maximum Gasteiger partial charge on any atom is 0.246 e. The second-order valence-electron chi connectivity index (χ2n) is 7.56. The van der Waals surface area contributed by atoms with Crippen molar-refractivity contribution in [2.24, 2.45) is 0 Å². The molecule has 4 aromatic rings. The van der Waals surface area contributed by atoms with Gasteiger partial charge in [-0.05, 0) is 54.1 Å². The Bertz CT molecular complexity index is 1350. The number of thioether (sulfide) groups is 1. The number of nitrogens with zero attached hydrogens (tertiary/aromatic N) is 6. The van der Waals surface area contributed by atoms with Crippen LogP contribution in [-0.2, 0) is 15.8 Å². The molecule has 1 saturated heterocycles. The Morgan fingerprint density at radius 3 is 2.39 bits per heavy atom. The number of aromatic nitrogens is 4. The summed E-state index contributed by atoms with van der Waals surface area (Å²) in [5.41, 5.74) is 2.29. The molecule has 1 aliphatic heterocycles. The van der Waals surface area contributed by atoms with Crippen LogP contribution < -0.4 is 4.90 Å². The molecule has 0 amide bonds. The number of fused-ring (bicyclic) bond motifs is 1. The van der Waals surface area contributed by atoms with Gasteiger partial charge >= 0.3 is 0 Å². The fourth-order valence-corrected chi connectivity index (χ4v) is 6.19. The van der Waals surface area contributed by atoms with Crippen LogP contribution in [0.4, 0.5) is 10.1 Å². The van der Waals surface area contributed by atoms with Gasteiger partial charge in [0, 0.05) is 56.2 Å². The van der Waals surface area contributed by atoms with Crippen LogP contribution in [0.25, 0.3) is 5.65 Å². The monoisotopic (exact) mass is 484 g/mol. The van der Waals surface area contributed by atoms with Gasteiger partial charge in [0.05, 0.1) is 0 Å². The van der Waals surface area contributed by atoms with Crippen molar-refractivity contribution in [1.29, 1.82) is 0 Å². The molecule has 170 valence electrons.